The number of piperazine rings is 1. The minimum atomic E-state index is -1.70. The van der Waals surface area contributed by atoms with Crippen LogP contribution in [0.15, 0.2) is 65.8 Å². The molecule has 0 aliphatic carbocycles. The Morgan fingerprint density at radius 1 is 1.03 bits per heavy atom. The van der Waals surface area contributed by atoms with Crippen molar-refractivity contribution in [3.8, 4) is 0 Å². The molecule has 1 saturated heterocycles. The molecule has 0 saturated carbocycles. The predicted molar refractivity (Wildman–Crippen MR) is 138 cm³/mol. The molecule has 0 N–H and O–H groups in total. The molecule has 4 rings (SSSR count). The van der Waals surface area contributed by atoms with Gasteiger partial charge in [-0.15, -0.1) is 0 Å². The number of hydrogen-bond donors (Lipinski definition) is 0. The van der Waals surface area contributed by atoms with Gasteiger partial charge in [0.25, 0.3) is 5.91 Å². The van der Waals surface area contributed by atoms with E-state index in [-0.39, 0.29) is 34.6 Å². The van der Waals surface area contributed by atoms with Gasteiger partial charge in [-0.2, -0.15) is 0 Å². The van der Waals surface area contributed by atoms with E-state index in [0.717, 1.165) is 5.69 Å². The third kappa shape index (κ3) is 5.62. The van der Waals surface area contributed by atoms with Crippen molar-refractivity contribution in [3.05, 3.63) is 82.4 Å². The smallest absolute Gasteiger partial charge is 0.254 e. The highest BCUT2D eigenvalue weighted by Gasteiger charge is 2.34. The highest BCUT2D eigenvalue weighted by atomic mass is 35.5. The van der Waals surface area contributed by atoms with Crippen molar-refractivity contribution in [1.29, 1.82) is 0 Å². The van der Waals surface area contributed by atoms with Gasteiger partial charge in [-0.05, 0) is 67.5 Å². The van der Waals surface area contributed by atoms with E-state index < -0.39 is 17.0 Å². The first-order valence-corrected chi connectivity index (χ1v) is 13.1. The first-order chi connectivity index (χ1) is 16.8. The van der Waals surface area contributed by atoms with Crippen LogP contribution in [-0.2, 0) is 11.2 Å². The Bertz CT molecular complexity index is 1230. The fraction of sp³-hybridized carbons (Fsp3) is 0.280. The summed E-state index contributed by atoms with van der Waals surface area (Å²) >= 11 is 10.9. The molecule has 0 spiro atoms. The molecular weight excluding hydrogens is 507 g/mol. The van der Waals surface area contributed by atoms with Crippen molar-refractivity contribution in [2.75, 3.05) is 23.7 Å². The lowest BCUT2D eigenvalue weighted by Gasteiger charge is -2.46. The van der Waals surface area contributed by atoms with Crippen LogP contribution in [0.1, 0.15) is 34.8 Å². The van der Waals surface area contributed by atoms with E-state index in [1.165, 1.54) is 18.5 Å². The Labute approximate surface area is 217 Å². The van der Waals surface area contributed by atoms with Gasteiger partial charge in [0.1, 0.15) is 0 Å². The molecular formula is C25H24Cl2N4O3S. The fourth-order valence-corrected chi connectivity index (χ4v) is 5.78. The number of aromatic nitrogens is 2. The predicted octanol–water partition coefficient (Wildman–Crippen LogP) is 4.51. The molecule has 0 radical (unpaired) electrons. The number of nitrogens with zero attached hydrogens (tertiary/aromatic N) is 4. The maximum Gasteiger partial charge on any atom is 0.254 e. The number of halogens is 2. The highest BCUT2D eigenvalue weighted by Crippen LogP contribution is 2.29. The average Bonchev–Trinajstić information content (AvgIpc) is 2.85. The highest BCUT2D eigenvalue weighted by molar-refractivity contribution is 7.92. The molecule has 2 aromatic carbocycles. The van der Waals surface area contributed by atoms with Gasteiger partial charge < -0.3 is 14.4 Å². The van der Waals surface area contributed by atoms with Crippen molar-refractivity contribution >= 4 is 51.8 Å². The summed E-state index contributed by atoms with van der Waals surface area (Å²) in [6.07, 6.45) is 2.90. The van der Waals surface area contributed by atoms with E-state index in [9.17, 15) is 14.1 Å². The van der Waals surface area contributed by atoms with Crippen LogP contribution in [0, 0.1) is 0 Å². The largest absolute Gasteiger partial charge is 0.611 e. The number of ketones is 1. The van der Waals surface area contributed by atoms with Crippen molar-refractivity contribution in [2.24, 2.45) is 0 Å². The van der Waals surface area contributed by atoms with Crippen molar-refractivity contribution in [3.63, 3.8) is 0 Å². The molecule has 3 atom stereocenters. The molecule has 1 aliphatic heterocycles. The zero-order valence-corrected chi connectivity index (χ0v) is 21.6. The van der Waals surface area contributed by atoms with E-state index in [1.54, 1.807) is 18.2 Å². The van der Waals surface area contributed by atoms with Crippen LogP contribution in [0.4, 0.5) is 5.69 Å². The maximum atomic E-state index is 13.3. The maximum absolute atomic E-state index is 13.3. The third-order valence-corrected chi connectivity index (χ3v) is 8.20. The van der Waals surface area contributed by atoms with E-state index in [4.69, 9.17) is 23.2 Å². The summed E-state index contributed by atoms with van der Waals surface area (Å²) in [7, 11) is 0. The Hall–Kier alpha value is -2.65. The van der Waals surface area contributed by atoms with Crippen molar-refractivity contribution in [1.82, 2.24) is 14.9 Å². The van der Waals surface area contributed by atoms with E-state index >= 15 is 0 Å². The van der Waals surface area contributed by atoms with Gasteiger partial charge in [0.2, 0.25) is 11.6 Å². The number of rotatable bonds is 6. The van der Waals surface area contributed by atoms with Crippen LogP contribution >= 0.6 is 23.2 Å². The Morgan fingerprint density at radius 2 is 1.77 bits per heavy atom. The van der Waals surface area contributed by atoms with Crippen LogP contribution in [0.2, 0.25) is 10.0 Å². The fourth-order valence-electron chi connectivity index (χ4n) is 4.14. The van der Waals surface area contributed by atoms with Gasteiger partial charge in [-0.1, -0.05) is 29.3 Å². The number of anilines is 1. The lowest BCUT2D eigenvalue weighted by Crippen LogP contribution is -2.59. The normalized spacial score (nSPS) is 18.9. The molecule has 1 aliphatic rings. The monoisotopic (exact) mass is 530 g/mol. The summed E-state index contributed by atoms with van der Waals surface area (Å²) in [4.78, 5) is 37.8. The summed E-state index contributed by atoms with van der Waals surface area (Å²) in [5.41, 5.74) is 1.43. The molecule has 3 aromatic rings. The third-order valence-electron chi connectivity index (χ3n) is 6.17. The molecule has 2 heterocycles. The summed E-state index contributed by atoms with van der Waals surface area (Å²) in [5.74, 6) is -0.885. The SMILES string of the molecule is C[C@H]1[C@H](C)N(c2cccc(Cl)c2)CCN1C(=O)c1ccc([S+]([O-])CC(=O)c2ncccn2)c(Cl)c1. The first kappa shape index (κ1) is 25.4. The van der Waals surface area contributed by atoms with Gasteiger partial charge >= 0.3 is 0 Å². The molecule has 10 heteroatoms. The lowest BCUT2D eigenvalue weighted by atomic mass is 10.0. The van der Waals surface area contributed by atoms with E-state index in [2.05, 4.69) is 21.8 Å². The second kappa shape index (κ2) is 11.0. The number of benzene rings is 2. The van der Waals surface area contributed by atoms with Gasteiger partial charge in [-0.3, -0.25) is 9.59 Å². The molecule has 0 bridgehead atoms. The molecule has 35 heavy (non-hydrogen) atoms. The van der Waals surface area contributed by atoms with E-state index in [1.807, 2.05) is 36.1 Å². The molecule has 182 valence electrons. The molecule has 1 unspecified atom stereocenters. The van der Waals surface area contributed by atoms with Crippen molar-refractivity contribution < 1.29 is 14.1 Å². The molecule has 7 nitrogen and oxygen atoms in total. The van der Waals surface area contributed by atoms with Gasteiger partial charge in [0.15, 0.2) is 10.6 Å². The number of amides is 1. The Kier molecular flexibility index (Phi) is 7.96. The molecule has 1 amide bonds. The van der Waals surface area contributed by atoms with Gasteiger partial charge in [0.05, 0.1) is 5.02 Å². The van der Waals surface area contributed by atoms with Crippen LogP contribution in [0.3, 0.4) is 0 Å². The van der Waals surface area contributed by atoms with Gasteiger partial charge in [0, 0.05) is 53.8 Å². The number of carbonyl (C=O) groups excluding carboxylic acids is 2. The van der Waals surface area contributed by atoms with Crippen LogP contribution in [-0.4, -0.2) is 62.0 Å². The topological polar surface area (TPSA) is 89.5 Å². The minimum absolute atomic E-state index is 0.00351. The quantitative estimate of drug-likeness (QED) is 0.344. The zero-order valence-electron chi connectivity index (χ0n) is 19.2. The standard InChI is InChI=1S/C25H24Cl2N4O3S/c1-16-17(2)31(12-11-30(16)20-6-3-5-19(26)14-20)25(33)18-7-8-23(21(27)13-18)35(34)15-22(32)24-28-9-4-10-29-24/h3-10,13-14,16-17H,11-12,15H2,1-2H3/t16-,17-,35?/m0/s1. The summed E-state index contributed by atoms with van der Waals surface area (Å²) in [6, 6.07) is 14.0. The van der Waals surface area contributed by atoms with E-state index in [0.29, 0.717) is 28.6 Å². The first-order valence-electron chi connectivity index (χ1n) is 11.1. The molecule has 1 fully saturated rings. The number of Topliss-reactive ketones (excluding diaryl/α,β-unsaturated/α-hetero) is 1. The molecule has 1 aromatic heterocycles. The van der Waals surface area contributed by atoms with Gasteiger partial charge in [-0.25, -0.2) is 9.97 Å². The number of hydrogen-bond acceptors (Lipinski definition) is 6. The number of carbonyl (C=O) groups is 2. The summed E-state index contributed by atoms with van der Waals surface area (Å²) in [6.45, 7) is 5.30. The van der Waals surface area contributed by atoms with Crippen LogP contribution in [0.5, 0.6) is 0 Å². The summed E-state index contributed by atoms with van der Waals surface area (Å²) in [5, 5.41) is 0.847. The summed E-state index contributed by atoms with van der Waals surface area (Å²) < 4.78 is 12.8. The second-order valence-corrected chi connectivity index (χ2v) is 10.5. The second-order valence-electron chi connectivity index (χ2n) is 8.28. The lowest BCUT2D eigenvalue weighted by molar-refractivity contribution is 0.0634. The average molecular weight is 531 g/mol. The van der Waals surface area contributed by atoms with Crippen molar-refractivity contribution in [2.45, 2.75) is 30.8 Å². The Morgan fingerprint density at radius 3 is 2.46 bits per heavy atom. The minimum Gasteiger partial charge on any atom is -0.611 e. The van der Waals surface area contributed by atoms with Crippen LogP contribution in [0.25, 0.3) is 0 Å². The Balaban J connectivity index is 1.45. The van der Waals surface area contributed by atoms with Crippen LogP contribution < -0.4 is 4.90 Å². The zero-order chi connectivity index (χ0) is 25.1.